The largest absolute Gasteiger partial charge is 0.481 e. The first-order valence-electron chi connectivity index (χ1n) is 13.5. The fraction of sp³-hybridized carbons (Fsp3) is 0.345. The number of aliphatic carboxylic acids is 1. The van der Waals surface area contributed by atoms with Gasteiger partial charge in [0.25, 0.3) is 12.0 Å². The molecule has 1 saturated heterocycles. The lowest BCUT2D eigenvalue weighted by Gasteiger charge is -2.15. The van der Waals surface area contributed by atoms with Gasteiger partial charge in [0.1, 0.15) is 23.4 Å². The highest BCUT2D eigenvalue weighted by Gasteiger charge is 2.28. The van der Waals surface area contributed by atoms with Gasteiger partial charge in [-0.25, -0.2) is 14.6 Å². The van der Waals surface area contributed by atoms with Crippen molar-refractivity contribution in [2.24, 2.45) is 0 Å². The Balaban J connectivity index is 0.000000794. The lowest BCUT2D eigenvalue weighted by molar-refractivity contribution is -0.134. The minimum Gasteiger partial charge on any atom is -0.481 e. The number of nitrogens with zero attached hydrogens (tertiary/aromatic N) is 6. The maximum absolute atomic E-state index is 9.00. The molecule has 0 bridgehead atoms. The van der Waals surface area contributed by atoms with Gasteiger partial charge in [-0.05, 0) is 42.7 Å². The van der Waals surface area contributed by atoms with Crippen molar-refractivity contribution < 1.29 is 19.1 Å². The van der Waals surface area contributed by atoms with Gasteiger partial charge in [0.2, 0.25) is 0 Å². The Hall–Kier alpha value is -4.55. The van der Waals surface area contributed by atoms with Crippen LogP contribution in [0.25, 0.3) is 33.4 Å². The molecule has 3 aromatic heterocycles. The van der Waals surface area contributed by atoms with Crippen LogP contribution in [0, 0.1) is 0 Å². The zero-order valence-corrected chi connectivity index (χ0v) is 23.4. The number of oxazole rings is 1. The number of nitrogens with two attached hydrogens (primary N) is 1. The molecule has 12 nitrogen and oxygen atoms in total. The molecule has 0 amide bonds. The topological polar surface area (TPSA) is 157 Å². The van der Waals surface area contributed by atoms with Gasteiger partial charge in [0.05, 0.1) is 18.0 Å². The summed E-state index contributed by atoms with van der Waals surface area (Å²) in [7, 11) is 1.73. The molecular weight excluding hydrogens is 524 g/mol. The minimum absolute atomic E-state index is 0.218. The van der Waals surface area contributed by atoms with Crippen LogP contribution in [0.2, 0.25) is 0 Å². The molecular formula is C29H34N8O4. The van der Waals surface area contributed by atoms with E-state index in [0.29, 0.717) is 11.8 Å². The van der Waals surface area contributed by atoms with Crippen molar-refractivity contribution in [3.63, 3.8) is 0 Å². The fourth-order valence-corrected chi connectivity index (χ4v) is 4.97. The lowest BCUT2D eigenvalue weighted by atomic mass is 10.1. The van der Waals surface area contributed by atoms with Gasteiger partial charge >= 0.3 is 0 Å². The molecule has 0 aliphatic carbocycles. The van der Waals surface area contributed by atoms with E-state index in [1.54, 1.807) is 7.11 Å². The summed E-state index contributed by atoms with van der Waals surface area (Å²) in [4.78, 5) is 24.8. The van der Waals surface area contributed by atoms with E-state index < -0.39 is 5.97 Å². The minimum atomic E-state index is -0.833. The van der Waals surface area contributed by atoms with Crippen LogP contribution in [-0.4, -0.2) is 74.1 Å². The molecule has 2 aromatic carbocycles. The average Bonchev–Trinajstić information content (AvgIpc) is 3.68. The van der Waals surface area contributed by atoms with Gasteiger partial charge in [0.15, 0.2) is 11.2 Å². The summed E-state index contributed by atoms with van der Waals surface area (Å²) >= 11 is 0. The number of aromatic nitrogens is 5. The monoisotopic (exact) mass is 558 g/mol. The second-order valence-corrected chi connectivity index (χ2v) is 9.88. The number of anilines is 3. The van der Waals surface area contributed by atoms with Gasteiger partial charge < -0.3 is 25.3 Å². The van der Waals surface area contributed by atoms with E-state index in [4.69, 9.17) is 29.9 Å². The SMILES string of the molecule is CC(=O)O.CCc1ccc2oc(Nc3ccc(-c4nn(C5CCN(CCOC)C5)c5ncnc(N)c45)cc3)nc2c1. The standard InChI is InChI=1S/C27H30N8O2.C2H4O2/c1-3-17-4-9-22-21(14-17)32-27(37-22)31-19-7-5-18(6-8-19)24-23-25(28)29-16-30-26(23)35(33-24)20-10-11-34(15-20)12-13-36-2;1-2(3)4/h4-9,14,16,20H,3,10-13,15H2,1-2H3,(H,31,32)(H2,28,29,30);1H3,(H,3,4). The maximum Gasteiger partial charge on any atom is 0.300 e. The Morgan fingerprint density at radius 3 is 2.73 bits per heavy atom. The number of fused-ring (bicyclic) bond motifs is 2. The summed E-state index contributed by atoms with van der Waals surface area (Å²) in [6.45, 7) is 6.73. The molecule has 1 unspecified atom stereocenters. The van der Waals surface area contributed by atoms with Crippen LogP contribution in [0.15, 0.2) is 53.2 Å². The van der Waals surface area contributed by atoms with Gasteiger partial charge in [-0.15, -0.1) is 0 Å². The van der Waals surface area contributed by atoms with Gasteiger partial charge in [0, 0.05) is 44.9 Å². The molecule has 4 N–H and O–H groups in total. The zero-order valence-electron chi connectivity index (χ0n) is 23.4. The molecule has 5 aromatic rings. The van der Waals surface area contributed by atoms with Gasteiger partial charge in [-0.1, -0.05) is 25.1 Å². The Bertz CT molecular complexity index is 1640. The van der Waals surface area contributed by atoms with E-state index in [1.165, 1.54) is 11.9 Å². The summed E-state index contributed by atoms with van der Waals surface area (Å²) in [5.74, 6) is -0.402. The van der Waals surface area contributed by atoms with Crippen molar-refractivity contribution in [1.29, 1.82) is 0 Å². The van der Waals surface area contributed by atoms with Crippen molar-refractivity contribution in [2.75, 3.05) is 44.4 Å². The van der Waals surface area contributed by atoms with Gasteiger partial charge in [-0.3, -0.25) is 9.69 Å². The first kappa shape index (κ1) is 28.0. The number of nitrogens with one attached hydrogen (secondary N) is 1. The van der Waals surface area contributed by atoms with E-state index in [1.807, 2.05) is 35.0 Å². The number of carbonyl (C=O) groups is 1. The number of methoxy groups -OCH3 is 1. The molecule has 1 aliphatic rings. The number of likely N-dealkylation sites (tertiary alicyclic amines) is 1. The number of ether oxygens (including phenoxy) is 1. The molecule has 1 atom stereocenters. The van der Waals surface area contributed by atoms with E-state index in [0.717, 1.165) is 85.1 Å². The predicted octanol–water partition coefficient (Wildman–Crippen LogP) is 4.51. The predicted molar refractivity (Wildman–Crippen MR) is 157 cm³/mol. The number of nitrogen functional groups attached to an aromatic ring is 1. The van der Waals surface area contributed by atoms with Crippen molar-refractivity contribution in [1.82, 2.24) is 29.6 Å². The van der Waals surface area contributed by atoms with E-state index in [-0.39, 0.29) is 6.04 Å². The van der Waals surface area contributed by atoms with Crippen LogP contribution in [0.4, 0.5) is 17.5 Å². The fourth-order valence-electron chi connectivity index (χ4n) is 4.97. The van der Waals surface area contributed by atoms with Gasteiger partial charge in [-0.2, -0.15) is 10.1 Å². The van der Waals surface area contributed by atoms with Crippen LogP contribution in [0.5, 0.6) is 0 Å². The highest BCUT2D eigenvalue weighted by atomic mass is 16.5. The Morgan fingerprint density at radius 2 is 2.00 bits per heavy atom. The number of carboxylic acid groups (broad SMARTS) is 1. The summed E-state index contributed by atoms with van der Waals surface area (Å²) < 4.78 is 13.1. The van der Waals surface area contributed by atoms with E-state index in [9.17, 15) is 0 Å². The second-order valence-electron chi connectivity index (χ2n) is 9.88. The summed E-state index contributed by atoms with van der Waals surface area (Å²) in [5.41, 5.74) is 12.5. The third-order valence-electron chi connectivity index (χ3n) is 6.99. The molecule has 1 fully saturated rings. The highest BCUT2D eigenvalue weighted by Crippen LogP contribution is 2.34. The van der Waals surface area contributed by atoms with Crippen molar-refractivity contribution in [2.45, 2.75) is 32.7 Å². The quantitative estimate of drug-likeness (QED) is 0.246. The van der Waals surface area contributed by atoms with Crippen LogP contribution in [0.1, 0.15) is 31.9 Å². The van der Waals surface area contributed by atoms with E-state index >= 15 is 0 Å². The molecule has 12 heteroatoms. The molecule has 0 spiro atoms. The van der Waals surface area contributed by atoms with Crippen LogP contribution in [0.3, 0.4) is 0 Å². The molecule has 0 radical (unpaired) electrons. The number of rotatable bonds is 8. The number of hydrogen-bond acceptors (Lipinski definition) is 10. The normalized spacial score (nSPS) is 15.2. The molecule has 4 heterocycles. The molecule has 6 rings (SSSR count). The molecule has 1 aliphatic heterocycles. The number of benzene rings is 2. The number of hydrogen-bond donors (Lipinski definition) is 3. The Morgan fingerprint density at radius 1 is 1.22 bits per heavy atom. The zero-order chi connectivity index (χ0) is 28.9. The first-order chi connectivity index (χ1) is 19.9. The van der Waals surface area contributed by atoms with Crippen LogP contribution >= 0.6 is 0 Å². The molecule has 214 valence electrons. The number of aryl methyl sites for hydroxylation is 1. The molecule has 0 saturated carbocycles. The van der Waals surface area contributed by atoms with Crippen molar-refractivity contribution >= 4 is 45.6 Å². The maximum atomic E-state index is 9.00. The Labute approximate surface area is 237 Å². The average molecular weight is 559 g/mol. The second kappa shape index (κ2) is 12.3. The smallest absolute Gasteiger partial charge is 0.300 e. The molecule has 41 heavy (non-hydrogen) atoms. The van der Waals surface area contributed by atoms with Crippen molar-refractivity contribution in [3.05, 3.63) is 54.4 Å². The number of carboxylic acids is 1. The summed E-state index contributed by atoms with van der Waals surface area (Å²) in [5, 5.41) is 16.5. The Kier molecular flexibility index (Phi) is 8.41. The van der Waals surface area contributed by atoms with Crippen LogP contribution < -0.4 is 11.1 Å². The van der Waals surface area contributed by atoms with Crippen molar-refractivity contribution in [3.8, 4) is 11.3 Å². The lowest BCUT2D eigenvalue weighted by Crippen LogP contribution is -2.25. The van der Waals surface area contributed by atoms with E-state index in [2.05, 4.69) is 44.2 Å². The van der Waals surface area contributed by atoms with Crippen LogP contribution in [-0.2, 0) is 16.0 Å². The first-order valence-corrected chi connectivity index (χ1v) is 13.5. The third kappa shape index (κ3) is 6.28. The summed E-state index contributed by atoms with van der Waals surface area (Å²) in [6, 6.07) is 14.7. The third-order valence-corrected chi connectivity index (χ3v) is 6.99. The highest BCUT2D eigenvalue weighted by molar-refractivity contribution is 5.98. The summed E-state index contributed by atoms with van der Waals surface area (Å²) in [6.07, 6.45) is 3.46.